The van der Waals surface area contributed by atoms with E-state index in [-0.39, 0.29) is 12.0 Å². The van der Waals surface area contributed by atoms with Crippen LogP contribution in [0.15, 0.2) is 59.6 Å². The van der Waals surface area contributed by atoms with Gasteiger partial charge in [-0.15, -0.1) is 0 Å². The molecule has 0 heterocycles. The number of amides is 2. The monoisotopic (exact) mass is 302 g/mol. The summed E-state index contributed by atoms with van der Waals surface area (Å²) < 4.78 is 0. The minimum Gasteiger partial charge on any atom is -0.370 e. The van der Waals surface area contributed by atoms with Crippen LogP contribution in [0.25, 0.3) is 0 Å². The van der Waals surface area contributed by atoms with Gasteiger partial charge in [-0.1, -0.05) is 54.1 Å². The van der Waals surface area contributed by atoms with Crippen molar-refractivity contribution in [3.63, 3.8) is 0 Å². The Kier molecular flexibility index (Phi) is 4.79. The number of hydrogen-bond donors (Lipinski definition) is 3. The number of nitrogens with two attached hydrogens (primary N) is 2. The standard InChI is InChI=1S/C15H15ClN4O/c16-12-8-6-11(7-9-12)13(10-4-2-1-3-5-10)19-14(17)20-15(18)21/h1-9,13H,(H5,17,18,19,20,21). The van der Waals surface area contributed by atoms with Gasteiger partial charge in [0, 0.05) is 5.02 Å². The van der Waals surface area contributed by atoms with Gasteiger partial charge >= 0.3 is 6.03 Å². The van der Waals surface area contributed by atoms with Gasteiger partial charge in [-0.2, -0.15) is 0 Å². The Hall–Kier alpha value is -2.53. The Balaban J connectivity index is 2.40. The molecule has 0 aliphatic rings. The van der Waals surface area contributed by atoms with E-state index in [2.05, 4.69) is 10.3 Å². The van der Waals surface area contributed by atoms with E-state index in [1.54, 1.807) is 12.1 Å². The summed E-state index contributed by atoms with van der Waals surface area (Å²) >= 11 is 5.90. The first kappa shape index (κ1) is 14.9. The lowest BCUT2D eigenvalue weighted by Crippen LogP contribution is -2.40. The quantitative estimate of drug-likeness (QED) is 0.600. The second-order valence-electron chi connectivity index (χ2n) is 4.37. The molecule has 108 valence electrons. The molecule has 1 atom stereocenters. The first-order valence-corrected chi connectivity index (χ1v) is 6.64. The van der Waals surface area contributed by atoms with Crippen LogP contribution in [-0.4, -0.2) is 12.0 Å². The summed E-state index contributed by atoms with van der Waals surface area (Å²) in [6, 6.07) is 15.8. The summed E-state index contributed by atoms with van der Waals surface area (Å²) in [5, 5.41) is 2.90. The molecule has 0 fully saturated rings. The van der Waals surface area contributed by atoms with Crippen LogP contribution in [0, 0.1) is 0 Å². The maximum absolute atomic E-state index is 10.8. The van der Waals surface area contributed by atoms with Gasteiger partial charge in [0.05, 0.1) is 0 Å². The molecule has 2 aromatic rings. The molecular formula is C15H15ClN4O. The van der Waals surface area contributed by atoms with Crippen LogP contribution >= 0.6 is 11.6 Å². The first-order valence-electron chi connectivity index (χ1n) is 6.26. The molecule has 0 saturated heterocycles. The maximum Gasteiger partial charge on any atom is 0.318 e. The van der Waals surface area contributed by atoms with E-state index in [1.165, 1.54) is 0 Å². The number of primary amides is 1. The number of benzene rings is 2. The summed E-state index contributed by atoms with van der Waals surface area (Å²) in [5.74, 6) is -0.0358. The van der Waals surface area contributed by atoms with E-state index in [9.17, 15) is 4.79 Å². The number of hydrogen-bond acceptors (Lipinski definition) is 2. The van der Waals surface area contributed by atoms with Crippen LogP contribution in [0.3, 0.4) is 0 Å². The molecule has 0 saturated carbocycles. The van der Waals surface area contributed by atoms with E-state index in [1.807, 2.05) is 42.5 Å². The molecule has 0 aliphatic carbocycles. The number of carbonyl (C=O) groups is 1. The van der Waals surface area contributed by atoms with Gasteiger partial charge in [0.2, 0.25) is 0 Å². The zero-order chi connectivity index (χ0) is 15.2. The van der Waals surface area contributed by atoms with Crippen molar-refractivity contribution in [3.8, 4) is 0 Å². The first-order chi connectivity index (χ1) is 10.1. The highest BCUT2D eigenvalue weighted by Crippen LogP contribution is 2.26. The van der Waals surface area contributed by atoms with Gasteiger partial charge in [0.25, 0.3) is 0 Å². The highest BCUT2D eigenvalue weighted by Gasteiger charge is 2.13. The van der Waals surface area contributed by atoms with Crippen molar-refractivity contribution in [3.05, 3.63) is 70.7 Å². The van der Waals surface area contributed by atoms with E-state index in [0.717, 1.165) is 11.1 Å². The van der Waals surface area contributed by atoms with Crippen LogP contribution in [0.5, 0.6) is 0 Å². The van der Waals surface area contributed by atoms with Crippen LogP contribution in [0.1, 0.15) is 17.2 Å². The molecule has 5 nitrogen and oxygen atoms in total. The van der Waals surface area contributed by atoms with Gasteiger partial charge in [-0.3, -0.25) is 5.32 Å². The van der Waals surface area contributed by atoms with Crippen LogP contribution < -0.4 is 16.8 Å². The van der Waals surface area contributed by atoms with Crippen LogP contribution in [0.2, 0.25) is 5.02 Å². The third-order valence-corrected chi connectivity index (χ3v) is 3.07. The summed E-state index contributed by atoms with van der Waals surface area (Å²) in [4.78, 5) is 15.2. The topological polar surface area (TPSA) is 93.5 Å². The number of rotatable bonds is 3. The van der Waals surface area contributed by atoms with E-state index in [4.69, 9.17) is 23.1 Å². The summed E-state index contributed by atoms with van der Waals surface area (Å²) in [6.45, 7) is 0. The summed E-state index contributed by atoms with van der Waals surface area (Å²) in [6.07, 6.45) is 0. The zero-order valence-electron chi connectivity index (χ0n) is 11.2. The Morgan fingerprint density at radius 3 is 2.14 bits per heavy atom. The lowest BCUT2D eigenvalue weighted by Gasteiger charge is -2.15. The highest BCUT2D eigenvalue weighted by atomic mass is 35.5. The molecule has 6 heteroatoms. The maximum atomic E-state index is 10.8. The predicted molar refractivity (Wildman–Crippen MR) is 84.1 cm³/mol. The molecule has 2 aromatic carbocycles. The second-order valence-corrected chi connectivity index (χ2v) is 4.80. The number of halogens is 1. The molecular weight excluding hydrogens is 288 g/mol. The largest absolute Gasteiger partial charge is 0.370 e. The molecule has 0 spiro atoms. The molecule has 5 N–H and O–H groups in total. The SMILES string of the molecule is NC(=O)NC(N)=NC(c1ccccc1)c1ccc(Cl)cc1. The van der Waals surface area contributed by atoms with Gasteiger partial charge in [0.15, 0.2) is 5.96 Å². The molecule has 2 rings (SSSR count). The fourth-order valence-electron chi connectivity index (χ4n) is 1.92. The number of guanidine groups is 1. The van der Waals surface area contributed by atoms with Crippen molar-refractivity contribution in [2.75, 3.05) is 0 Å². The number of urea groups is 1. The van der Waals surface area contributed by atoms with Gasteiger partial charge < -0.3 is 11.5 Å². The predicted octanol–water partition coefficient (Wildman–Crippen LogP) is 2.41. The smallest absolute Gasteiger partial charge is 0.318 e. The lowest BCUT2D eigenvalue weighted by atomic mass is 9.99. The second kappa shape index (κ2) is 6.76. The Bertz CT molecular complexity index is 640. The molecule has 0 bridgehead atoms. The molecule has 0 radical (unpaired) electrons. The fraction of sp³-hybridized carbons (Fsp3) is 0.0667. The van der Waals surface area contributed by atoms with E-state index in [0.29, 0.717) is 5.02 Å². The van der Waals surface area contributed by atoms with Crippen LogP contribution in [0.4, 0.5) is 4.79 Å². The average molecular weight is 303 g/mol. The van der Waals surface area contributed by atoms with Crippen molar-refractivity contribution in [2.45, 2.75) is 6.04 Å². The van der Waals surface area contributed by atoms with E-state index < -0.39 is 6.03 Å². The van der Waals surface area contributed by atoms with Crippen molar-refractivity contribution >= 4 is 23.6 Å². The Morgan fingerprint density at radius 2 is 1.57 bits per heavy atom. The van der Waals surface area contributed by atoms with Gasteiger partial charge in [-0.25, -0.2) is 9.79 Å². The van der Waals surface area contributed by atoms with Gasteiger partial charge in [-0.05, 0) is 23.3 Å². The molecule has 2 amide bonds. The van der Waals surface area contributed by atoms with Crippen LogP contribution in [-0.2, 0) is 0 Å². The van der Waals surface area contributed by atoms with Crippen molar-refractivity contribution in [1.29, 1.82) is 0 Å². The number of nitrogens with zero attached hydrogens (tertiary/aromatic N) is 1. The molecule has 0 aromatic heterocycles. The number of nitrogens with one attached hydrogen (secondary N) is 1. The van der Waals surface area contributed by atoms with E-state index >= 15 is 0 Å². The van der Waals surface area contributed by atoms with Gasteiger partial charge in [0.1, 0.15) is 6.04 Å². The number of carbonyl (C=O) groups excluding carboxylic acids is 1. The molecule has 1 unspecified atom stereocenters. The van der Waals surface area contributed by atoms with Crippen molar-refractivity contribution in [2.24, 2.45) is 16.5 Å². The third-order valence-electron chi connectivity index (χ3n) is 2.82. The minimum atomic E-state index is -0.751. The fourth-order valence-corrected chi connectivity index (χ4v) is 2.05. The normalized spacial score (nSPS) is 12.7. The Labute approximate surface area is 127 Å². The average Bonchev–Trinajstić information content (AvgIpc) is 2.46. The number of aliphatic imine (C=N–C) groups is 1. The summed E-state index contributed by atoms with van der Waals surface area (Å²) in [5.41, 5.74) is 12.6. The Morgan fingerprint density at radius 1 is 1.00 bits per heavy atom. The van der Waals surface area contributed by atoms with Crippen molar-refractivity contribution in [1.82, 2.24) is 5.32 Å². The molecule has 21 heavy (non-hydrogen) atoms. The van der Waals surface area contributed by atoms with Crippen molar-refractivity contribution < 1.29 is 4.79 Å². The summed E-state index contributed by atoms with van der Waals surface area (Å²) in [7, 11) is 0. The highest BCUT2D eigenvalue weighted by molar-refractivity contribution is 6.30. The zero-order valence-corrected chi connectivity index (χ0v) is 11.9. The minimum absolute atomic E-state index is 0.0358. The molecule has 0 aliphatic heterocycles. The lowest BCUT2D eigenvalue weighted by molar-refractivity contribution is 0.253. The third kappa shape index (κ3) is 4.22.